The third kappa shape index (κ3) is 4.49. The molecule has 5 heteroatoms. The fourth-order valence-electron chi connectivity index (χ4n) is 6.05. The quantitative estimate of drug-likeness (QED) is 0.469. The van der Waals surface area contributed by atoms with Gasteiger partial charge in [-0.25, -0.2) is 9.07 Å². The highest BCUT2D eigenvalue weighted by Crippen LogP contribution is 2.47. The molecule has 174 valence electrons. The van der Waals surface area contributed by atoms with Crippen LogP contribution in [0.4, 0.5) is 10.2 Å². The monoisotopic (exact) mass is 439 g/mol. The fraction of sp³-hybridized carbons (Fsp3) is 0.630. The van der Waals surface area contributed by atoms with Crippen LogP contribution in [0.1, 0.15) is 101 Å². The Morgan fingerprint density at radius 3 is 2.56 bits per heavy atom. The van der Waals surface area contributed by atoms with E-state index < -0.39 is 6.17 Å². The lowest BCUT2D eigenvalue weighted by Crippen LogP contribution is -2.38. The highest BCUT2D eigenvalue weighted by molar-refractivity contribution is 6.00. The van der Waals surface area contributed by atoms with Gasteiger partial charge in [0.25, 0.3) is 0 Å². The molecule has 4 rings (SSSR count). The van der Waals surface area contributed by atoms with Crippen molar-refractivity contribution in [2.24, 2.45) is 11.3 Å². The van der Waals surface area contributed by atoms with E-state index in [1.54, 1.807) is 6.20 Å². The molecule has 4 nitrogen and oxygen atoms in total. The number of benzene rings is 1. The van der Waals surface area contributed by atoms with Crippen LogP contribution < -0.4 is 5.32 Å². The molecule has 1 aromatic heterocycles. The van der Waals surface area contributed by atoms with Crippen LogP contribution in [0, 0.1) is 11.3 Å². The van der Waals surface area contributed by atoms with Gasteiger partial charge in [0.1, 0.15) is 12.0 Å². The number of carbonyl (C=O) groups is 1. The molecule has 2 heterocycles. The van der Waals surface area contributed by atoms with Gasteiger partial charge in [-0.3, -0.25) is 4.79 Å². The summed E-state index contributed by atoms with van der Waals surface area (Å²) in [6.45, 7) is 8.71. The van der Waals surface area contributed by atoms with Gasteiger partial charge in [0.05, 0.1) is 23.3 Å². The number of alkyl halides is 1. The van der Waals surface area contributed by atoms with E-state index in [0.29, 0.717) is 24.8 Å². The molecule has 1 saturated carbocycles. The van der Waals surface area contributed by atoms with Gasteiger partial charge in [0.15, 0.2) is 5.78 Å². The van der Waals surface area contributed by atoms with Gasteiger partial charge in [-0.2, -0.15) is 5.10 Å². The first kappa shape index (κ1) is 23.0. The first-order valence-corrected chi connectivity index (χ1v) is 12.3. The van der Waals surface area contributed by atoms with Crippen LogP contribution >= 0.6 is 0 Å². The molecule has 3 atom stereocenters. The van der Waals surface area contributed by atoms with Crippen molar-refractivity contribution in [1.29, 1.82) is 0 Å². The van der Waals surface area contributed by atoms with Crippen molar-refractivity contribution in [3.63, 3.8) is 0 Å². The van der Waals surface area contributed by atoms with Gasteiger partial charge >= 0.3 is 0 Å². The smallest absolute Gasteiger partial charge is 0.168 e. The summed E-state index contributed by atoms with van der Waals surface area (Å²) in [5.74, 6) is 1.22. The van der Waals surface area contributed by atoms with Crippen LogP contribution in [0.15, 0.2) is 36.5 Å². The Bertz CT molecular complexity index is 932. The molecule has 2 aromatic rings. The molecule has 0 amide bonds. The van der Waals surface area contributed by atoms with Gasteiger partial charge in [-0.05, 0) is 62.8 Å². The second-order valence-corrected chi connectivity index (χ2v) is 10.7. The second kappa shape index (κ2) is 8.99. The van der Waals surface area contributed by atoms with Crippen molar-refractivity contribution in [2.75, 3.05) is 5.32 Å². The van der Waals surface area contributed by atoms with Gasteiger partial charge in [-0.15, -0.1) is 0 Å². The number of hydrogen-bond donors (Lipinski definition) is 1. The number of hydrogen-bond acceptors (Lipinski definition) is 3. The average molecular weight is 440 g/mol. The SMILES string of the molecule is CCC1(CC)CC(F)CC(CCC(=O)c2cnn3c2N[C@@H](c2ccccc2)CC3(C)C)C1. The number of halogens is 1. The third-order valence-corrected chi connectivity index (χ3v) is 8.10. The molecule has 2 unspecified atom stereocenters. The summed E-state index contributed by atoms with van der Waals surface area (Å²) in [7, 11) is 0. The van der Waals surface area contributed by atoms with Gasteiger partial charge in [-0.1, -0.05) is 57.0 Å². The highest BCUT2D eigenvalue weighted by atomic mass is 19.1. The van der Waals surface area contributed by atoms with Gasteiger partial charge < -0.3 is 5.32 Å². The van der Waals surface area contributed by atoms with Gasteiger partial charge in [0.2, 0.25) is 0 Å². The molecule has 0 spiro atoms. The maximum Gasteiger partial charge on any atom is 0.168 e. The van der Waals surface area contributed by atoms with Crippen molar-refractivity contribution < 1.29 is 9.18 Å². The summed E-state index contributed by atoms with van der Waals surface area (Å²) in [4.78, 5) is 13.3. The van der Waals surface area contributed by atoms with Crippen molar-refractivity contribution >= 4 is 11.6 Å². The molecular formula is C27H38FN3O. The molecule has 1 N–H and O–H groups in total. The minimum absolute atomic E-state index is 0.108. The summed E-state index contributed by atoms with van der Waals surface area (Å²) in [5, 5.41) is 8.18. The van der Waals surface area contributed by atoms with E-state index >= 15 is 0 Å². The van der Waals surface area contributed by atoms with Crippen LogP contribution in [0.25, 0.3) is 0 Å². The Hall–Kier alpha value is -2.17. The third-order valence-electron chi connectivity index (χ3n) is 8.10. The van der Waals surface area contributed by atoms with Crippen LogP contribution in [-0.4, -0.2) is 21.7 Å². The number of anilines is 1. The summed E-state index contributed by atoms with van der Waals surface area (Å²) in [6.07, 6.45) is 7.47. The zero-order valence-electron chi connectivity index (χ0n) is 20.0. The summed E-state index contributed by atoms with van der Waals surface area (Å²) in [5.41, 5.74) is 1.81. The number of fused-ring (bicyclic) bond motifs is 1. The second-order valence-electron chi connectivity index (χ2n) is 10.7. The van der Waals surface area contributed by atoms with E-state index in [0.717, 1.165) is 37.9 Å². The van der Waals surface area contributed by atoms with Crippen molar-refractivity contribution in [3.8, 4) is 0 Å². The molecule has 32 heavy (non-hydrogen) atoms. The first-order valence-electron chi connectivity index (χ1n) is 12.3. The van der Waals surface area contributed by atoms with E-state index in [1.165, 1.54) is 5.56 Å². The Morgan fingerprint density at radius 2 is 1.88 bits per heavy atom. The predicted molar refractivity (Wildman–Crippen MR) is 128 cm³/mol. The lowest BCUT2D eigenvalue weighted by atomic mass is 9.65. The molecule has 0 radical (unpaired) electrons. The molecule has 1 aliphatic heterocycles. The number of rotatable bonds is 7. The molecule has 1 aromatic carbocycles. The summed E-state index contributed by atoms with van der Waals surface area (Å²) >= 11 is 0. The minimum Gasteiger partial charge on any atom is -0.363 e. The lowest BCUT2D eigenvalue weighted by Gasteiger charge is -2.41. The van der Waals surface area contributed by atoms with Crippen LogP contribution in [0.5, 0.6) is 0 Å². The highest BCUT2D eigenvalue weighted by Gasteiger charge is 2.39. The van der Waals surface area contributed by atoms with Crippen LogP contribution in [0.3, 0.4) is 0 Å². The van der Waals surface area contributed by atoms with Crippen LogP contribution in [0.2, 0.25) is 0 Å². The first-order chi connectivity index (χ1) is 15.3. The number of ketones is 1. The normalized spacial score (nSPS) is 26.2. The number of nitrogens with one attached hydrogen (secondary N) is 1. The number of Topliss-reactive ketones (excluding diaryl/α,β-unsaturated/α-hetero) is 1. The Balaban J connectivity index is 1.49. The molecule has 0 saturated heterocycles. The van der Waals surface area contributed by atoms with Crippen molar-refractivity contribution in [1.82, 2.24) is 9.78 Å². The molecule has 1 aliphatic carbocycles. The van der Waals surface area contributed by atoms with Crippen LogP contribution in [-0.2, 0) is 5.54 Å². The van der Waals surface area contributed by atoms with E-state index in [4.69, 9.17) is 0 Å². The Kier molecular flexibility index (Phi) is 6.46. The Morgan fingerprint density at radius 1 is 1.16 bits per heavy atom. The lowest BCUT2D eigenvalue weighted by molar-refractivity contribution is 0.0533. The number of nitrogens with zero attached hydrogens (tertiary/aromatic N) is 2. The number of aromatic nitrogens is 2. The summed E-state index contributed by atoms with van der Waals surface area (Å²) < 4.78 is 16.5. The zero-order valence-corrected chi connectivity index (χ0v) is 20.0. The maximum atomic E-state index is 14.5. The molecule has 2 aliphatic rings. The van der Waals surface area contributed by atoms with E-state index in [-0.39, 0.29) is 28.7 Å². The minimum atomic E-state index is -0.734. The molecular weight excluding hydrogens is 401 g/mol. The zero-order chi connectivity index (χ0) is 22.9. The van der Waals surface area contributed by atoms with E-state index in [2.05, 4.69) is 62.4 Å². The van der Waals surface area contributed by atoms with Crippen molar-refractivity contribution in [3.05, 3.63) is 47.7 Å². The fourth-order valence-corrected chi connectivity index (χ4v) is 6.05. The summed E-state index contributed by atoms with van der Waals surface area (Å²) in [6, 6.07) is 10.5. The molecule has 1 fully saturated rings. The topological polar surface area (TPSA) is 46.9 Å². The predicted octanol–water partition coefficient (Wildman–Crippen LogP) is 7.08. The van der Waals surface area contributed by atoms with Gasteiger partial charge in [0, 0.05) is 6.42 Å². The largest absolute Gasteiger partial charge is 0.363 e. The van der Waals surface area contributed by atoms with E-state index in [1.807, 2.05) is 10.7 Å². The average Bonchev–Trinajstić information content (AvgIpc) is 3.22. The molecule has 0 bridgehead atoms. The van der Waals surface area contributed by atoms with Crippen molar-refractivity contribution in [2.45, 2.75) is 96.8 Å². The maximum absolute atomic E-state index is 14.5. The standard InChI is InChI=1S/C27H38FN3O/c1-5-27(6-2)15-19(14-21(28)16-27)12-13-24(32)22-18-29-31-25(22)30-23(17-26(31,3)4)20-10-8-7-9-11-20/h7-11,18-19,21,23,30H,5-6,12-17H2,1-4H3/t19?,21?,23-/m1/s1. The van der Waals surface area contributed by atoms with E-state index in [9.17, 15) is 9.18 Å². The number of carbonyl (C=O) groups excluding carboxylic acids is 1. The Labute approximate surface area is 192 Å².